The number of methoxy groups -OCH3 is 1. The molecule has 0 radical (unpaired) electrons. The van der Waals surface area contributed by atoms with Crippen LogP contribution in [0.1, 0.15) is 27.0 Å². The highest BCUT2D eigenvalue weighted by Gasteiger charge is 2.14. The fourth-order valence-corrected chi connectivity index (χ4v) is 3.50. The summed E-state index contributed by atoms with van der Waals surface area (Å²) in [4.78, 5) is 11.1. The molecule has 0 bridgehead atoms. The Morgan fingerprint density at radius 3 is 2.65 bits per heavy atom. The van der Waals surface area contributed by atoms with Crippen LogP contribution >= 0.6 is 15.9 Å². The zero-order chi connectivity index (χ0) is 22.4. The number of halogens is 2. The van der Waals surface area contributed by atoms with E-state index in [0.717, 1.165) is 0 Å². The SMILES string of the molecule is COc1cc(C=C(C#N)c2ccccc2F)cc(Br)c1OCc1cccc(C(=O)O)c1. The minimum absolute atomic E-state index is 0.129. The third-order valence-corrected chi connectivity index (χ3v) is 4.99. The van der Waals surface area contributed by atoms with Crippen molar-refractivity contribution in [2.24, 2.45) is 0 Å². The molecule has 156 valence electrons. The third-order valence-electron chi connectivity index (χ3n) is 4.40. The van der Waals surface area contributed by atoms with Crippen LogP contribution in [0.5, 0.6) is 11.5 Å². The highest BCUT2D eigenvalue weighted by Crippen LogP contribution is 2.38. The normalized spacial score (nSPS) is 11.0. The first kappa shape index (κ1) is 22.1. The second kappa shape index (κ2) is 9.92. The van der Waals surface area contributed by atoms with Gasteiger partial charge >= 0.3 is 5.97 Å². The Balaban J connectivity index is 1.90. The van der Waals surface area contributed by atoms with Crippen molar-refractivity contribution in [3.63, 3.8) is 0 Å². The number of hydrogen-bond acceptors (Lipinski definition) is 4. The van der Waals surface area contributed by atoms with E-state index < -0.39 is 11.8 Å². The number of ether oxygens (including phenoxy) is 2. The quantitative estimate of drug-likeness (QED) is 0.333. The number of carboxylic acid groups (broad SMARTS) is 1. The van der Waals surface area contributed by atoms with Gasteiger partial charge in [-0.1, -0.05) is 30.3 Å². The molecule has 1 N–H and O–H groups in total. The highest BCUT2D eigenvalue weighted by molar-refractivity contribution is 9.10. The molecule has 0 spiro atoms. The Morgan fingerprint density at radius 1 is 1.19 bits per heavy atom. The highest BCUT2D eigenvalue weighted by atomic mass is 79.9. The molecule has 5 nitrogen and oxygen atoms in total. The number of benzene rings is 3. The van der Waals surface area contributed by atoms with Gasteiger partial charge in [-0.2, -0.15) is 5.26 Å². The smallest absolute Gasteiger partial charge is 0.335 e. The molecule has 0 aliphatic rings. The van der Waals surface area contributed by atoms with Crippen LogP contribution < -0.4 is 9.47 Å². The number of nitrogens with zero attached hydrogens (tertiary/aromatic N) is 1. The molecular formula is C24H17BrFNO4. The lowest BCUT2D eigenvalue weighted by Crippen LogP contribution is -2.02. The van der Waals surface area contributed by atoms with Gasteiger partial charge in [0.2, 0.25) is 0 Å². The van der Waals surface area contributed by atoms with Crippen LogP contribution in [0.15, 0.2) is 65.1 Å². The molecule has 0 aliphatic carbocycles. The summed E-state index contributed by atoms with van der Waals surface area (Å²) < 4.78 is 25.9. The molecule has 0 atom stereocenters. The van der Waals surface area contributed by atoms with Crippen molar-refractivity contribution in [3.8, 4) is 17.6 Å². The van der Waals surface area contributed by atoms with Gasteiger partial charge in [0.25, 0.3) is 0 Å². The molecule has 3 rings (SSSR count). The van der Waals surface area contributed by atoms with Crippen molar-refractivity contribution < 1.29 is 23.8 Å². The van der Waals surface area contributed by atoms with Gasteiger partial charge in [-0.05, 0) is 63.5 Å². The standard InChI is InChI=1S/C24H17BrFNO4/c1-30-22-12-16(10-18(13-27)19-7-2-3-8-21(19)26)11-20(25)23(22)31-14-15-5-4-6-17(9-15)24(28)29/h2-12H,14H2,1H3,(H,28,29). The fraction of sp³-hybridized carbons (Fsp3) is 0.0833. The average molecular weight is 482 g/mol. The molecule has 0 saturated heterocycles. The molecule has 0 unspecified atom stereocenters. The van der Waals surface area contributed by atoms with Crippen molar-refractivity contribution >= 4 is 33.5 Å². The zero-order valence-electron chi connectivity index (χ0n) is 16.4. The van der Waals surface area contributed by atoms with E-state index in [9.17, 15) is 14.4 Å². The molecule has 0 aliphatic heterocycles. The van der Waals surface area contributed by atoms with Gasteiger partial charge in [0.05, 0.1) is 28.8 Å². The topological polar surface area (TPSA) is 79.5 Å². The minimum Gasteiger partial charge on any atom is -0.493 e. The first-order valence-electron chi connectivity index (χ1n) is 9.12. The first-order chi connectivity index (χ1) is 14.9. The van der Waals surface area contributed by atoms with Gasteiger partial charge in [0.15, 0.2) is 11.5 Å². The summed E-state index contributed by atoms with van der Waals surface area (Å²) in [6, 6.07) is 17.9. The van der Waals surface area contributed by atoms with Gasteiger partial charge < -0.3 is 14.6 Å². The molecule has 3 aromatic carbocycles. The lowest BCUT2D eigenvalue weighted by atomic mass is 10.0. The maximum absolute atomic E-state index is 14.1. The maximum atomic E-state index is 14.1. The van der Waals surface area contributed by atoms with Crippen molar-refractivity contribution in [1.29, 1.82) is 5.26 Å². The average Bonchev–Trinajstić information content (AvgIpc) is 2.77. The van der Waals surface area contributed by atoms with Crippen LogP contribution in [0, 0.1) is 17.1 Å². The predicted molar refractivity (Wildman–Crippen MR) is 118 cm³/mol. The first-order valence-corrected chi connectivity index (χ1v) is 9.91. The van der Waals surface area contributed by atoms with Crippen LogP contribution in [0.4, 0.5) is 4.39 Å². The van der Waals surface area contributed by atoms with E-state index in [-0.39, 0.29) is 23.3 Å². The van der Waals surface area contributed by atoms with Gasteiger partial charge in [-0.3, -0.25) is 0 Å². The second-order valence-corrected chi connectivity index (χ2v) is 7.33. The minimum atomic E-state index is -1.01. The molecule has 7 heteroatoms. The molecular weight excluding hydrogens is 465 g/mol. The molecule has 0 amide bonds. The largest absolute Gasteiger partial charge is 0.493 e. The van der Waals surface area contributed by atoms with Gasteiger partial charge in [-0.15, -0.1) is 0 Å². The number of aromatic carboxylic acids is 1. The van der Waals surface area contributed by atoms with Crippen LogP contribution in [0.2, 0.25) is 0 Å². The number of rotatable bonds is 7. The Kier molecular flexibility index (Phi) is 7.06. The second-order valence-electron chi connectivity index (χ2n) is 6.48. The summed E-state index contributed by atoms with van der Waals surface area (Å²) in [5, 5.41) is 18.6. The van der Waals surface area contributed by atoms with Crippen molar-refractivity contribution in [2.45, 2.75) is 6.61 Å². The summed E-state index contributed by atoms with van der Waals surface area (Å²) >= 11 is 3.45. The van der Waals surface area contributed by atoms with Crippen molar-refractivity contribution in [1.82, 2.24) is 0 Å². The summed E-state index contributed by atoms with van der Waals surface area (Å²) in [5.41, 5.74) is 1.85. The number of allylic oxidation sites excluding steroid dienone is 1. The Bertz CT molecular complexity index is 1200. The van der Waals surface area contributed by atoms with E-state index in [4.69, 9.17) is 14.6 Å². The van der Waals surface area contributed by atoms with E-state index in [1.165, 1.54) is 25.3 Å². The van der Waals surface area contributed by atoms with Gasteiger partial charge in [0, 0.05) is 5.56 Å². The monoisotopic (exact) mass is 481 g/mol. The van der Waals surface area contributed by atoms with E-state index in [1.54, 1.807) is 48.5 Å². The number of hydrogen-bond donors (Lipinski definition) is 1. The number of nitriles is 1. The Labute approximate surface area is 187 Å². The lowest BCUT2D eigenvalue weighted by Gasteiger charge is -2.14. The van der Waals surface area contributed by atoms with E-state index in [0.29, 0.717) is 27.1 Å². The molecule has 31 heavy (non-hydrogen) atoms. The molecule has 0 saturated carbocycles. The summed E-state index contributed by atoms with van der Waals surface area (Å²) in [6.07, 6.45) is 1.56. The molecule has 0 fully saturated rings. The van der Waals surface area contributed by atoms with Gasteiger partial charge in [0.1, 0.15) is 12.4 Å². The van der Waals surface area contributed by atoms with Gasteiger partial charge in [-0.25, -0.2) is 9.18 Å². The predicted octanol–water partition coefficient (Wildman–Crippen LogP) is 5.94. The molecule has 0 aromatic heterocycles. The Morgan fingerprint density at radius 2 is 1.97 bits per heavy atom. The van der Waals surface area contributed by atoms with Crippen molar-refractivity contribution in [3.05, 3.63) is 93.2 Å². The third kappa shape index (κ3) is 5.30. The maximum Gasteiger partial charge on any atom is 0.335 e. The van der Waals surface area contributed by atoms with E-state index in [1.807, 2.05) is 6.07 Å². The van der Waals surface area contributed by atoms with Crippen LogP contribution in [0.25, 0.3) is 11.6 Å². The fourth-order valence-electron chi connectivity index (χ4n) is 2.93. The lowest BCUT2D eigenvalue weighted by molar-refractivity contribution is 0.0696. The molecule has 0 heterocycles. The van der Waals surface area contributed by atoms with E-state index in [2.05, 4.69) is 15.9 Å². The summed E-state index contributed by atoms with van der Waals surface area (Å²) in [5.74, 6) is -0.671. The summed E-state index contributed by atoms with van der Waals surface area (Å²) in [7, 11) is 1.48. The molecule has 3 aromatic rings. The van der Waals surface area contributed by atoms with Crippen LogP contribution in [0.3, 0.4) is 0 Å². The summed E-state index contributed by atoms with van der Waals surface area (Å²) in [6.45, 7) is 0.129. The number of carboxylic acids is 1. The van der Waals surface area contributed by atoms with Crippen LogP contribution in [-0.2, 0) is 6.61 Å². The van der Waals surface area contributed by atoms with E-state index >= 15 is 0 Å². The number of carbonyl (C=O) groups is 1. The zero-order valence-corrected chi connectivity index (χ0v) is 18.0. The van der Waals surface area contributed by atoms with Crippen LogP contribution in [-0.4, -0.2) is 18.2 Å². The Hall–Kier alpha value is -3.63. The van der Waals surface area contributed by atoms with Crippen molar-refractivity contribution in [2.75, 3.05) is 7.11 Å².